The molecule has 1 rings (SSSR count). The Labute approximate surface area is 96.6 Å². The van der Waals surface area contributed by atoms with Gasteiger partial charge in [-0.05, 0) is 0 Å². The summed E-state index contributed by atoms with van der Waals surface area (Å²) in [6, 6.07) is 0. The number of carbonyl (C=O) groups is 2. The number of aliphatic carboxylic acids is 1. The maximum atomic E-state index is 11.6. The number of halogens is 2. The zero-order valence-corrected chi connectivity index (χ0v) is 9.25. The largest absolute Gasteiger partial charge is 0.477 e. The van der Waals surface area contributed by atoms with Gasteiger partial charge in [0.2, 0.25) is 0 Å². The second kappa shape index (κ2) is 5.34. The van der Waals surface area contributed by atoms with Crippen LogP contribution in [0.5, 0.6) is 0 Å². The van der Waals surface area contributed by atoms with E-state index in [-0.39, 0.29) is 0 Å². The van der Waals surface area contributed by atoms with Crippen molar-refractivity contribution in [3.05, 3.63) is 10.1 Å². The second-order valence-corrected chi connectivity index (χ2v) is 3.65. The van der Waals surface area contributed by atoms with Crippen molar-refractivity contribution in [3.63, 3.8) is 0 Å². The predicted molar refractivity (Wildman–Crippen MR) is 54.8 cm³/mol. The Morgan fingerprint density at radius 2 is 1.67 bits per heavy atom. The van der Waals surface area contributed by atoms with Gasteiger partial charge in [0.25, 0.3) is 5.91 Å². The van der Waals surface area contributed by atoms with E-state index in [1.807, 2.05) is 0 Å². The Kier molecular flexibility index (Phi) is 4.38. The summed E-state index contributed by atoms with van der Waals surface area (Å²) in [5.74, 6) is -1.96. The van der Waals surface area contributed by atoms with Crippen molar-refractivity contribution < 1.29 is 14.7 Å². The van der Waals surface area contributed by atoms with Crippen molar-refractivity contribution in [3.8, 4) is 0 Å². The molecular weight excluding hydrogens is 243 g/mol. The van der Waals surface area contributed by atoms with Crippen LogP contribution in [0.4, 0.5) is 0 Å². The monoisotopic (exact) mass is 251 g/mol. The molecule has 0 unspecified atom stereocenters. The summed E-state index contributed by atoms with van der Waals surface area (Å²) < 4.78 is 0. The molecule has 5 nitrogen and oxygen atoms in total. The molecule has 0 atom stereocenters. The highest BCUT2D eigenvalue weighted by Gasteiger charge is 2.23. The molecule has 0 aromatic rings. The van der Waals surface area contributed by atoms with E-state index in [1.165, 1.54) is 4.90 Å². The first-order valence-corrected chi connectivity index (χ1v) is 5.00. The third-order valence-electron chi connectivity index (χ3n) is 1.91. The number of carboxylic acids is 1. The molecule has 1 aliphatic rings. The zero-order valence-electron chi connectivity index (χ0n) is 7.74. The molecule has 0 aromatic carbocycles. The number of hydrogen-bond acceptors (Lipinski definition) is 2. The lowest BCUT2D eigenvalue weighted by atomic mass is 10.3. The van der Waals surface area contributed by atoms with Crippen LogP contribution < -0.4 is 5.32 Å². The van der Waals surface area contributed by atoms with Crippen LogP contribution in [0.3, 0.4) is 0 Å². The quantitative estimate of drug-likeness (QED) is 0.714. The van der Waals surface area contributed by atoms with Gasteiger partial charge in [-0.15, -0.1) is 0 Å². The van der Waals surface area contributed by atoms with Crippen LogP contribution in [0.15, 0.2) is 10.1 Å². The van der Waals surface area contributed by atoms with Gasteiger partial charge in [0.05, 0.1) is 0 Å². The lowest BCUT2D eigenvalue weighted by Crippen LogP contribution is -2.44. The van der Waals surface area contributed by atoms with Gasteiger partial charge in [0, 0.05) is 26.2 Å². The fourth-order valence-corrected chi connectivity index (χ4v) is 1.42. The molecule has 0 aromatic heterocycles. The van der Waals surface area contributed by atoms with Crippen LogP contribution in [0.1, 0.15) is 0 Å². The Hall–Kier alpha value is -0.780. The van der Waals surface area contributed by atoms with E-state index in [2.05, 4.69) is 5.32 Å². The highest BCUT2D eigenvalue weighted by atomic mass is 35.5. The number of carboxylic acid groups (broad SMARTS) is 1. The summed E-state index contributed by atoms with van der Waals surface area (Å²) >= 11 is 10.9. The van der Waals surface area contributed by atoms with Gasteiger partial charge >= 0.3 is 5.97 Å². The molecule has 0 saturated carbocycles. The fraction of sp³-hybridized carbons (Fsp3) is 0.500. The topological polar surface area (TPSA) is 71.7 Å². The molecular formula is C8H9Cl2N2O3. The SMILES string of the molecule is O=C(O)C(Cl)=C(Cl)C(=O)N1CC[N]CC1. The summed E-state index contributed by atoms with van der Waals surface area (Å²) in [5.41, 5.74) is 0. The van der Waals surface area contributed by atoms with Gasteiger partial charge in [-0.2, -0.15) is 0 Å². The van der Waals surface area contributed by atoms with Crippen LogP contribution in [0.2, 0.25) is 0 Å². The molecule has 1 fully saturated rings. The van der Waals surface area contributed by atoms with Crippen LogP contribution in [-0.2, 0) is 9.59 Å². The van der Waals surface area contributed by atoms with Crippen molar-refractivity contribution in [2.75, 3.05) is 26.2 Å². The number of piperazine rings is 1. The van der Waals surface area contributed by atoms with Crippen LogP contribution in [-0.4, -0.2) is 48.1 Å². The number of hydrogen-bond donors (Lipinski definition) is 1. The van der Waals surface area contributed by atoms with Gasteiger partial charge in [0.15, 0.2) is 0 Å². The Morgan fingerprint density at radius 1 is 1.13 bits per heavy atom. The van der Waals surface area contributed by atoms with Gasteiger partial charge in [-0.1, -0.05) is 23.2 Å². The van der Waals surface area contributed by atoms with Gasteiger partial charge in [0.1, 0.15) is 10.1 Å². The molecule has 1 amide bonds. The number of carbonyl (C=O) groups excluding carboxylic acids is 1. The minimum atomic E-state index is -1.41. The number of rotatable bonds is 2. The third kappa shape index (κ3) is 3.09. The highest BCUT2D eigenvalue weighted by Crippen LogP contribution is 2.17. The van der Waals surface area contributed by atoms with Crippen molar-refractivity contribution in [2.45, 2.75) is 0 Å². The van der Waals surface area contributed by atoms with E-state index in [0.29, 0.717) is 26.2 Å². The Bertz CT molecular complexity index is 311. The molecule has 1 radical (unpaired) electrons. The van der Waals surface area contributed by atoms with E-state index < -0.39 is 21.9 Å². The molecule has 0 aliphatic carbocycles. The Balaban J connectivity index is 2.74. The third-order valence-corrected chi connectivity index (χ3v) is 2.71. The highest BCUT2D eigenvalue weighted by molar-refractivity contribution is 6.53. The molecule has 1 saturated heterocycles. The van der Waals surface area contributed by atoms with Crippen molar-refractivity contribution >= 4 is 35.1 Å². The lowest BCUT2D eigenvalue weighted by molar-refractivity contribution is -0.133. The second-order valence-electron chi connectivity index (χ2n) is 2.90. The van der Waals surface area contributed by atoms with Crippen molar-refractivity contribution in [1.82, 2.24) is 10.2 Å². The van der Waals surface area contributed by atoms with Gasteiger partial charge < -0.3 is 10.0 Å². The minimum Gasteiger partial charge on any atom is -0.477 e. The average Bonchev–Trinajstić information content (AvgIpc) is 2.27. The summed E-state index contributed by atoms with van der Waals surface area (Å²) in [6.45, 7) is 1.97. The first kappa shape index (κ1) is 12.3. The fourth-order valence-electron chi connectivity index (χ4n) is 1.14. The summed E-state index contributed by atoms with van der Waals surface area (Å²) in [5, 5.41) is 11.5. The van der Waals surface area contributed by atoms with Gasteiger partial charge in [-0.25, -0.2) is 10.1 Å². The first-order chi connectivity index (χ1) is 7.04. The van der Waals surface area contributed by atoms with Crippen molar-refractivity contribution in [2.24, 2.45) is 0 Å². The first-order valence-electron chi connectivity index (χ1n) is 4.25. The molecule has 7 heteroatoms. The molecule has 1 aliphatic heterocycles. The summed E-state index contributed by atoms with van der Waals surface area (Å²) in [6.07, 6.45) is 0. The normalized spacial score (nSPS) is 18.4. The number of amides is 1. The average molecular weight is 252 g/mol. The van der Waals surface area contributed by atoms with E-state index >= 15 is 0 Å². The van der Waals surface area contributed by atoms with Crippen LogP contribution in [0.25, 0.3) is 0 Å². The zero-order chi connectivity index (χ0) is 11.4. The molecule has 0 spiro atoms. The van der Waals surface area contributed by atoms with Crippen LogP contribution >= 0.6 is 23.2 Å². The minimum absolute atomic E-state index is 0.443. The molecule has 1 N–H and O–H groups in total. The number of nitrogens with zero attached hydrogens (tertiary/aromatic N) is 2. The maximum Gasteiger partial charge on any atom is 0.349 e. The predicted octanol–water partition coefficient (Wildman–Crippen LogP) is 0.207. The molecule has 83 valence electrons. The van der Waals surface area contributed by atoms with E-state index in [1.54, 1.807) is 0 Å². The van der Waals surface area contributed by atoms with E-state index in [0.717, 1.165) is 0 Å². The standard InChI is InChI=1S/C8H9Cl2N2O3/c9-5(6(10)8(14)15)7(13)12-3-1-11-2-4-12/h1-4H2,(H,14,15). The van der Waals surface area contributed by atoms with Gasteiger partial charge in [-0.3, -0.25) is 4.79 Å². The van der Waals surface area contributed by atoms with E-state index in [4.69, 9.17) is 28.3 Å². The molecule has 15 heavy (non-hydrogen) atoms. The molecule has 0 bridgehead atoms. The maximum absolute atomic E-state index is 11.6. The van der Waals surface area contributed by atoms with Crippen molar-refractivity contribution in [1.29, 1.82) is 0 Å². The lowest BCUT2D eigenvalue weighted by Gasteiger charge is -2.26. The van der Waals surface area contributed by atoms with E-state index in [9.17, 15) is 9.59 Å². The smallest absolute Gasteiger partial charge is 0.349 e. The summed E-state index contributed by atoms with van der Waals surface area (Å²) in [4.78, 5) is 23.5. The summed E-state index contributed by atoms with van der Waals surface area (Å²) in [7, 11) is 0. The Morgan fingerprint density at radius 3 is 2.13 bits per heavy atom. The molecule has 1 heterocycles. The van der Waals surface area contributed by atoms with Crippen LogP contribution in [0, 0.1) is 0 Å².